The highest BCUT2D eigenvalue weighted by atomic mass is 19.3. The van der Waals surface area contributed by atoms with Crippen molar-refractivity contribution in [1.29, 1.82) is 0 Å². The minimum Gasteiger partial charge on any atom is -0.380 e. The molecule has 5 heterocycles. The average Bonchev–Trinajstić information content (AvgIpc) is 3.24. The molecule has 36 heavy (non-hydrogen) atoms. The molecule has 2 N–H and O–H groups in total. The van der Waals surface area contributed by atoms with Gasteiger partial charge in [-0.25, -0.2) is 15.0 Å². The Kier molecular flexibility index (Phi) is 6.35. The summed E-state index contributed by atoms with van der Waals surface area (Å²) >= 11 is 0. The van der Waals surface area contributed by atoms with Gasteiger partial charge >= 0.3 is 5.92 Å². The van der Waals surface area contributed by atoms with E-state index < -0.39 is 11.7 Å². The Hall–Kier alpha value is -3.57. The highest BCUT2D eigenvalue weighted by molar-refractivity contribution is 5.89. The number of halogens is 2. The fourth-order valence-electron chi connectivity index (χ4n) is 4.51. The number of alkyl halides is 2. The quantitative estimate of drug-likeness (QED) is 0.507. The summed E-state index contributed by atoms with van der Waals surface area (Å²) in [4.78, 5) is 30.5. The maximum absolute atomic E-state index is 13.7. The van der Waals surface area contributed by atoms with Gasteiger partial charge in [0.05, 0.1) is 24.6 Å². The molecule has 3 aromatic heterocycles. The number of hydrogen-bond acceptors (Lipinski definition) is 8. The van der Waals surface area contributed by atoms with Crippen LogP contribution >= 0.6 is 0 Å². The van der Waals surface area contributed by atoms with Crippen LogP contribution in [0.1, 0.15) is 31.7 Å². The Morgan fingerprint density at radius 2 is 2.00 bits per heavy atom. The van der Waals surface area contributed by atoms with Gasteiger partial charge in [0, 0.05) is 62.6 Å². The molecule has 0 unspecified atom stereocenters. The van der Waals surface area contributed by atoms with Crippen molar-refractivity contribution in [2.45, 2.75) is 32.7 Å². The van der Waals surface area contributed by atoms with Crippen LogP contribution in [0.15, 0.2) is 42.9 Å². The molecule has 3 aromatic rings. The van der Waals surface area contributed by atoms with Crippen molar-refractivity contribution >= 4 is 23.2 Å². The van der Waals surface area contributed by atoms with Crippen molar-refractivity contribution in [2.75, 3.05) is 36.9 Å². The van der Waals surface area contributed by atoms with Crippen LogP contribution in [-0.2, 0) is 22.0 Å². The highest BCUT2D eigenvalue weighted by Gasteiger charge is 2.44. The van der Waals surface area contributed by atoms with Gasteiger partial charge in [0.1, 0.15) is 11.6 Å². The number of aromatic nitrogens is 4. The van der Waals surface area contributed by atoms with Gasteiger partial charge in [-0.05, 0) is 30.7 Å². The van der Waals surface area contributed by atoms with Crippen LogP contribution in [0.4, 0.5) is 26.1 Å². The zero-order chi connectivity index (χ0) is 25.3. The van der Waals surface area contributed by atoms with Gasteiger partial charge in [0.2, 0.25) is 11.7 Å². The highest BCUT2D eigenvalue weighted by Crippen LogP contribution is 2.38. The van der Waals surface area contributed by atoms with E-state index in [2.05, 4.69) is 35.5 Å². The molecule has 2 aliphatic rings. The van der Waals surface area contributed by atoms with Gasteiger partial charge in [-0.3, -0.25) is 14.7 Å². The third-order valence-corrected chi connectivity index (χ3v) is 6.36. The van der Waals surface area contributed by atoms with Crippen molar-refractivity contribution in [2.24, 2.45) is 5.41 Å². The minimum atomic E-state index is -3.18. The van der Waals surface area contributed by atoms with E-state index in [1.165, 1.54) is 19.2 Å². The molecule has 0 aromatic carbocycles. The normalized spacial score (nSPS) is 17.1. The summed E-state index contributed by atoms with van der Waals surface area (Å²) in [6, 6.07) is 7.03. The molecule has 2 saturated heterocycles. The van der Waals surface area contributed by atoms with Crippen molar-refractivity contribution in [3.05, 3.63) is 54.2 Å². The number of nitrogens with zero attached hydrogens (tertiary/aromatic N) is 5. The fraction of sp³-hybridized carbons (Fsp3) is 0.400. The lowest BCUT2D eigenvalue weighted by Gasteiger charge is -2.37. The van der Waals surface area contributed by atoms with Crippen LogP contribution in [0.3, 0.4) is 0 Å². The first-order valence-electron chi connectivity index (χ1n) is 11.7. The first-order valence-corrected chi connectivity index (χ1v) is 11.7. The molecule has 0 atom stereocenters. The van der Waals surface area contributed by atoms with Gasteiger partial charge in [0.25, 0.3) is 0 Å². The van der Waals surface area contributed by atoms with Crippen molar-refractivity contribution in [3.63, 3.8) is 0 Å². The number of anilines is 3. The summed E-state index contributed by atoms with van der Waals surface area (Å²) in [5.74, 6) is -3.57. The van der Waals surface area contributed by atoms with Gasteiger partial charge < -0.3 is 15.4 Å². The topological polar surface area (TPSA) is 105 Å². The second-order valence-corrected chi connectivity index (χ2v) is 9.58. The van der Waals surface area contributed by atoms with Crippen molar-refractivity contribution in [3.8, 4) is 11.3 Å². The smallest absolute Gasteiger partial charge is 0.303 e. The van der Waals surface area contributed by atoms with Crippen LogP contribution < -0.4 is 10.6 Å². The monoisotopic (exact) mass is 495 g/mol. The van der Waals surface area contributed by atoms with E-state index in [0.29, 0.717) is 28.2 Å². The molecule has 1 amide bonds. The lowest BCUT2D eigenvalue weighted by Crippen LogP contribution is -2.44. The van der Waals surface area contributed by atoms with E-state index in [-0.39, 0.29) is 11.7 Å². The van der Waals surface area contributed by atoms with Crippen LogP contribution in [0, 0.1) is 5.41 Å². The summed E-state index contributed by atoms with van der Waals surface area (Å²) in [5, 5.41) is 5.69. The molecule has 188 valence electrons. The number of nitrogens with one attached hydrogen (secondary N) is 2. The van der Waals surface area contributed by atoms with Gasteiger partial charge in [-0.1, -0.05) is 6.07 Å². The summed E-state index contributed by atoms with van der Waals surface area (Å²) in [6.07, 6.45) is 5.84. The van der Waals surface area contributed by atoms with E-state index in [0.717, 1.165) is 51.8 Å². The van der Waals surface area contributed by atoms with Crippen LogP contribution in [0.5, 0.6) is 0 Å². The first-order chi connectivity index (χ1) is 17.2. The first kappa shape index (κ1) is 24.1. The Morgan fingerprint density at radius 1 is 1.17 bits per heavy atom. The fourth-order valence-corrected chi connectivity index (χ4v) is 4.51. The number of rotatable bonds is 7. The van der Waals surface area contributed by atoms with Gasteiger partial charge in [-0.15, -0.1) is 0 Å². The summed E-state index contributed by atoms with van der Waals surface area (Å²) in [6.45, 7) is 6.72. The second kappa shape index (κ2) is 9.47. The predicted molar refractivity (Wildman–Crippen MR) is 130 cm³/mol. The van der Waals surface area contributed by atoms with E-state index in [1.807, 2.05) is 18.3 Å². The Bertz CT molecular complexity index is 1260. The Balaban J connectivity index is 1.39. The maximum Gasteiger partial charge on any atom is 0.303 e. The molecular formula is C25H27F2N7O2. The third kappa shape index (κ3) is 5.31. The van der Waals surface area contributed by atoms with Gasteiger partial charge in [0.15, 0.2) is 0 Å². The van der Waals surface area contributed by atoms with Gasteiger partial charge in [-0.2, -0.15) is 8.78 Å². The lowest BCUT2D eigenvalue weighted by atomic mass is 9.85. The molecule has 11 heteroatoms. The molecule has 0 radical (unpaired) electrons. The molecular weight excluding hydrogens is 468 g/mol. The molecule has 0 saturated carbocycles. The Labute approximate surface area is 207 Å². The molecule has 9 nitrogen and oxygen atoms in total. The lowest BCUT2D eigenvalue weighted by molar-refractivity contribution is -0.114. The molecule has 1 spiro atoms. The van der Waals surface area contributed by atoms with E-state index >= 15 is 0 Å². The molecule has 5 rings (SSSR count). The number of ether oxygens (including phenoxy) is 1. The van der Waals surface area contributed by atoms with Crippen LogP contribution in [0.25, 0.3) is 11.3 Å². The Morgan fingerprint density at radius 3 is 2.64 bits per heavy atom. The van der Waals surface area contributed by atoms with E-state index in [1.54, 1.807) is 12.3 Å². The number of pyridine rings is 2. The minimum absolute atomic E-state index is 0.183. The summed E-state index contributed by atoms with van der Waals surface area (Å²) in [7, 11) is 0. The second-order valence-electron chi connectivity index (χ2n) is 9.58. The molecule has 0 aliphatic carbocycles. The zero-order valence-corrected chi connectivity index (χ0v) is 20.1. The SMILES string of the molecule is CC(=O)Nc1cc(Nc2ccnc(C(C)(F)F)n2)c(-c2ccc(CN3CCC4(COC4)C3)cn2)cn1. The van der Waals surface area contributed by atoms with E-state index in [9.17, 15) is 13.6 Å². The number of likely N-dealkylation sites (tertiary alicyclic amines) is 1. The average molecular weight is 496 g/mol. The summed E-state index contributed by atoms with van der Waals surface area (Å²) < 4.78 is 32.9. The van der Waals surface area contributed by atoms with E-state index in [4.69, 9.17) is 4.74 Å². The molecule has 2 aliphatic heterocycles. The predicted octanol–water partition coefficient (Wildman–Crippen LogP) is 3.97. The van der Waals surface area contributed by atoms with Crippen LogP contribution in [-0.4, -0.2) is 57.0 Å². The van der Waals surface area contributed by atoms with Crippen molar-refractivity contribution < 1.29 is 18.3 Å². The van der Waals surface area contributed by atoms with Crippen LogP contribution in [0.2, 0.25) is 0 Å². The van der Waals surface area contributed by atoms with Crippen molar-refractivity contribution in [1.82, 2.24) is 24.8 Å². The largest absolute Gasteiger partial charge is 0.380 e. The molecule has 0 bridgehead atoms. The number of carbonyl (C=O) groups excluding carboxylic acids is 1. The number of amides is 1. The zero-order valence-electron chi connectivity index (χ0n) is 20.1. The maximum atomic E-state index is 13.7. The molecule has 2 fully saturated rings. The standard InChI is InChI=1S/C25H27F2N7O2/c1-16(35)31-22-9-20(32-21-5-7-28-23(33-21)24(2,26)27)18(11-30-22)19-4-3-17(10-29-19)12-34-8-6-25(13-34)14-36-15-25/h3-5,7,9-11H,6,8,12-15H2,1-2H3,(H2,28,30,31,32,33,35). The number of carbonyl (C=O) groups is 1. The summed E-state index contributed by atoms with van der Waals surface area (Å²) in [5.41, 5.74) is 3.20. The third-order valence-electron chi connectivity index (χ3n) is 6.36. The number of hydrogen-bond donors (Lipinski definition) is 2.